The van der Waals surface area contributed by atoms with Gasteiger partial charge in [0.25, 0.3) is 0 Å². The first-order valence-corrected chi connectivity index (χ1v) is 7.96. The summed E-state index contributed by atoms with van der Waals surface area (Å²) >= 11 is 1.69. The van der Waals surface area contributed by atoms with Gasteiger partial charge in [0.1, 0.15) is 10.0 Å². The molecular formula is C16H23N3S. The van der Waals surface area contributed by atoms with Gasteiger partial charge in [0.2, 0.25) is 0 Å². The summed E-state index contributed by atoms with van der Waals surface area (Å²) in [6, 6.07) is 8.68. The van der Waals surface area contributed by atoms with E-state index in [9.17, 15) is 0 Å². The zero-order chi connectivity index (χ0) is 14.6. The van der Waals surface area contributed by atoms with Crippen molar-refractivity contribution in [2.75, 3.05) is 13.1 Å². The van der Waals surface area contributed by atoms with Gasteiger partial charge in [0.15, 0.2) is 0 Å². The first-order valence-electron chi connectivity index (χ1n) is 7.14. The Balaban J connectivity index is 2.08. The number of nitrogens with zero attached hydrogens (tertiary/aromatic N) is 2. The number of benzene rings is 1. The van der Waals surface area contributed by atoms with Crippen molar-refractivity contribution < 1.29 is 0 Å². The molecule has 0 radical (unpaired) electrons. The topological polar surface area (TPSA) is 37.8 Å². The summed E-state index contributed by atoms with van der Waals surface area (Å²) in [6.45, 7) is 10.8. The van der Waals surface area contributed by atoms with Crippen LogP contribution in [0.5, 0.6) is 0 Å². The monoisotopic (exact) mass is 289 g/mol. The van der Waals surface area contributed by atoms with E-state index in [2.05, 4.69) is 67.5 Å². The summed E-state index contributed by atoms with van der Waals surface area (Å²) in [5, 5.41) is 14.0. The van der Waals surface area contributed by atoms with Crippen molar-refractivity contribution in [1.29, 1.82) is 0 Å². The van der Waals surface area contributed by atoms with Gasteiger partial charge in [0, 0.05) is 18.5 Å². The molecule has 0 atom stereocenters. The Morgan fingerprint density at radius 3 is 2.40 bits per heavy atom. The molecule has 2 aromatic rings. The zero-order valence-electron chi connectivity index (χ0n) is 12.7. The molecule has 4 heteroatoms. The van der Waals surface area contributed by atoms with Crippen molar-refractivity contribution in [3.63, 3.8) is 0 Å². The van der Waals surface area contributed by atoms with Crippen LogP contribution in [0.1, 0.15) is 38.3 Å². The Hall–Kier alpha value is -1.26. The van der Waals surface area contributed by atoms with Crippen molar-refractivity contribution in [2.45, 2.75) is 39.5 Å². The fourth-order valence-corrected chi connectivity index (χ4v) is 2.80. The smallest absolute Gasteiger partial charge is 0.147 e. The van der Waals surface area contributed by atoms with Gasteiger partial charge >= 0.3 is 0 Å². The van der Waals surface area contributed by atoms with Crippen molar-refractivity contribution in [1.82, 2.24) is 15.5 Å². The molecule has 0 fully saturated rings. The molecule has 1 aromatic heterocycles. The second-order valence-electron chi connectivity index (χ2n) is 5.93. The third-order valence-corrected chi connectivity index (χ3v) is 4.26. The van der Waals surface area contributed by atoms with E-state index in [-0.39, 0.29) is 5.41 Å². The van der Waals surface area contributed by atoms with Gasteiger partial charge in [-0.1, -0.05) is 63.3 Å². The lowest BCUT2D eigenvalue weighted by Gasteiger charge is -2.18. The summed E-state index contributed by atoms with van der Waals surface area (Å²) in [5.41, 5.74) is 2.69. The highest BCUT2D eigenvalue weighted by Crippen LogP contribution is 2.27. The molecule has 1 aromatic carbocycles. The van der Waals surface area contributed by atoms with E-state index in [1.165, 1.54) is 5.56 Å². The molecule has 0 saturated heterocycles. The molecular weight excluding hydrogens is 266 g/mol. The normalized spacial score (nSPS) is 11.8. The second-order valence-corrected chi connectivity index (χ2v) is 6.99. The van der Waals surface area contributed by atoms with Crippen molar-refractivity contribution in [2.24, 2.45) is 0 Å². The van der Waals surface area contributed by atoms with Gasteiger partial charge in [-0.3, -0.25) is 0 Å². The molecule has 0 unspecified atom stereocenters. The van der Waals surface area contributed by atoms with E-state index in [1.807, 2.05) is 0 Å². The Labute approximate surface area is 125 Å². The molecule has 3 nitrogen and oxygen atoms in total. The minimum Gasteiger partial charge on any atom is -0.317 e. The lowest BCUT2D eigenvalue weighted by molar-refractivity contribution is 0.590. The molecule has 2 rings (SSSR count). The number of hydrogen-bond donors (Lipinski definition) is 1. The molecule has 0 amide bonds. The summed E-state index contributed by atoms with van der Waals surface area (Å²) in [7, 11) is 0. The zero-order valence-corrected chi connectivity index (χ0v) is 13.5. The average molecular weight is 289 g/mol. The van der Waals surface area contributed by atoms with Crippen LogP contribution in [0.15, 0.2) is 24.3 Å². The molecule has 0 saturated carbocycles. The van der Waals surface area contributed by atoms with Gasteiger partial charge in [-0.25, -0.2) is 0 Å². The highest BCUT2D eigenvalue weighted by Gasteiger charge is 2.14. The lowest BCUT2D eigenvalue weighted by Crippen LogP contribution is -2.15. The predicted molar refractivity (Wildman–Crippen MR) is 86.3 cm³/mol. The number of aromatic nitrogens is 2. The molecule has 0 bridgehead atoms. The van der Waals surface area contributed by atoms with E-state index < -0.39 is 0 Å². The largest absolute Gasteiger partial charge is 0.317 e. The van der Waals surface area contributed by atoms with E-state index in [4.69, 9.17) is 0 Å². The minimum atomic E-state index is 0.191. The fraction of sp³-hybridized carbons (Fsp3) is 0.500. The van der Waals surface area contributed by atoms with Crippen LogP contribution in [0.4, 0.5) is 0 Å². The Morgan fingerprint density at radius 1 is 1.10 bits per heavy atom. The van der Waals surface area contributed by atoms with E-state index in [0.29, 0.717) is 0 Å². The number of hydrogen-bond acceptors (Lipinski definition) is 4. The first-order chi connectivity index (χ1) is 9.50. The van der Waals surface area contributed by atoms with Gasteiger partial charge < -0.3 is 5.32 Å². The molecule has 0 aliphatic rings. The standard InChI is InChI=1S/C16H23N3S/c1-5-17-11-10-14-18-19-15(20-14)12-6-8-13(9-7-12)16(2,3)4/h6-9,17H,5,10-11H2,1-4H3. The van der Waals surface area contributed by atoms with Gasteiger partial charge in [0.05, 0.1) is 0 Å². The van der Waals surface area contributed by atoms with Gasteiger partial charge in [-0.15, -0.1) is 10.2 Å². The van der Waals surface area contributed by atoms with E-state index in [0.717, 1.165) is 35.1 Å². The summed E-state index contributed by atoms with van der Waals surface area (Å²) in [5.74, 6) is 0. The molecule has 0 spiro atoms. The molecule has 20 heavy (non-hydrogen) atoms. The molecule has 0 aliphatic heterocycles. The van der Waals surface area contributed by atoms with Crippen molar-refractivity contribution >= 4 is 11.3 Å². The number of likely N-dealkylation sites (N-methyl/N-ethyl adjacent to an activating group) is 1. The third-order valence-electron chi connectivity index (χ3n) is 3.23. The SMILES string of the molecule is CCNCCc1nnc(-c2ccc(C(C)(C)C)cc2)s1. The number of nitrogens with one attached hydrogen (secondary N) is 1. The second kappa shape index (κ2) is 6.46. The van der Waals surface area contributed by atoms with Crippen LogP contribution in [0.3, 0.4) is 0 Å². The van der Waals surface area contributed by atoms with Crippen LogP contribution < -0.4 is 5.32 Å². The number of rotatable bonds is 5. The maximum Gasteiger partial charge on any atom is 0.147 e. The Bertz CT molecular complexity index is 538. The van der Waals surface area contributed by atoms with Crippen LogP contribution in [-0.4, -0.2) is 23.3 Å². The van der Waals surface area contributed by atoms with Crippen LogP contribution in [0, 0.1) is 0 Å². The first kappa shape index (κ1) is 15.1. The van der Waals surface area contributed by atoms with E-state index >= 15 is 0 Å². The highest BCUT2D eigenvalue weighted by atomic mass is 32.1. The minimum absolute atomic E-state index is 0.191. The van der Waals surface area contributed by atoms with Crippen LogP contribution in [0.25, 0.3) is 10.6 Å². The molecule has 108 valence electrons. The quantitative estimate of drug-likeness (QED) is 0.854. The molecule has 1 N–H and O–H groups in total. The highest BCUT2D eigenvalue weighted by molar-refractivity contribution is 7.14. The summed E-state index contributed by atoms with van der Waals surface area (Å²) in [6.07, 6.45) is 0.950. The van der Waals surface area contributed by atoms with Crippen LogP contribution >= 0.6 is 11.3 Å². The Kier molecular flexibility index (Phi) is 4.89. The van der Waals surface area contributed by atoms with E-state index in [1.54, 1.807) is 11.3 Å². The van der Waals surface area contributed by atoms with Crippen LogP contribution in [0.2, 0.25) is 0 Å². The van der Waals surface area contributed by atoms with Gasteiger partial charge in [-0.2, -0.15) is 0 Å². The fourth-order valence-electron chi connectivity index (χ4n) is 1.96. The lowest BCUT2D eigenvalue weighted by atomic mass is 9.87. The van der Waals surface area contributed by atoms with Crippen LogP contribution in [-0.2, 0) is 11.8 Å². The Morgan fingerprint density at radius 2 is 1.80 bits per heavy atom. The van der Waals surface area contributed by atoms with Gasteiger partial charge in [-0.05, 0) is 17.5 Å². The summed E-state index contributed by atoms with van der Waals surface area (Å²) < 4.78 is 0. The third kappa shape index (κ3) is 3.87. The summed E-state index contributed by atoms with van der Waals surface area (Å²) in [4.78, 5) is 0. The van der Waals surface area contributed by atoms with Crippen molar-refractivity contribution in [3.8, 4) is 10.6 Å². The maximum atomic E-state index is 4.30. The molecule has 0 aliphatic carbocycles. The maximum absolute atomic E-state index is 4.30. The average Bonchev–Trinajstić information content (AvgIpc) is 2.87. The molecule has 1 heterocycles. The van der Waals surface area contributed by atoms with Crippen molar-refractivity contribution in [3.05, 3.63) is 34.8 Å². The predicted octanol–water partition coefficient (Wildman–Crippen LogP) is 3.65.